The molecule has 1 amide bonds. The first-order chi connectivity index (χ1) is 16.5. The molecule has 8 nitrogen and oxygen atoms in total. The number of pyridine rings is 2. The number of hydrogen-bond donors (Lipinski definition) is 3. The SMILES string of the molecule is CCOc1nc(C(=O)NCC2CCN(Cc3ccc(-c4ccccn4)cc3)CC2)cc(N)c1N. The van der Waals surface area contributed by atoms with Gasteiger partial charge in [-0.1, -0.05) is 30.3 Å². The molecule has 0 radical (unpaired) electrons. The molecule has 0 bridgehead atoms. The predicted molar refractivity (Wildman–Crippen MR) is 134 cm³/mol. The van der Waals surface area contributed by atoms with Gasteiger partial charge in [-0.25, -0.2) is 4.98 Å². The van der Waals surface area contributed by atoms with E-state index in [9.17, 15) is 4.79 Å². The molecular formula is C26H32N6O2. The van der Waals surface area contributed by atoms with Gasteiger partial charge in [0.1, 0.15) is 11.4 Å². The summed E-state index contributed by atoms with van der Waals surface area (Å²) in [5.41, 5.74) is 16.0. The summed E-state index contributed by atoms with van der Waals surface area (Å²) >= 11 is 0. The second-order valence-electron chi connectivity index (χ2n) is 8.59. The van der Waals surface area contributed by atoms with Gasteiger partial charge in [0, 0.05) is 24.8 Å². The Morgan fingerprint density at radius 1 is 1.15 bits per heavy atom. The fourth-order valence-corrected chi connectivity index (χ4v) is 4.16. The van der Waals surface area contributed by atoms with Crippen molar-refractivity contribution >= 4 is 17.3 Å². The monoisotopic (exact) mass is 460 g/mol. The summed E-state index contributed by atoms with van der Waals surface area (Å²) in [6.07, 6.45) is 3.89. The minimum absolute atomic E-state index is 0.203. The van der Waals surface area contributed by atoms with Crippen LogP contribution < -0.4 is 21.5 Å². The zero-order valence-corrected chi connectivity index (χ0v) is 19.5. The highest BCUT2D eigenvalue weighted by Crippen LogP contribution is 2.26. The predicted octanol–water partition coefficient (Wildman–Crippen LogP) is 3.35. The van der Waals surface area contributed by atoms with E-state index in [0.717, 1.165) is 43.7 Å². The molecule has 5 N–H and O–H groups in total. The quantitative estimate of drug-likeness (QED) is 0.471. The normalized spacial score (nSPS) is 14.6. The molecule has 34 heavy (non-hydrogen) atoms. The van der Waals surface area contributed by atoms with Crippen molar-refractivity contribution in [2.24, 2.45) is 5.92 Å². The Morgan fingerprint density at radius 2 is 1.91 bits per heavy atom. The van der Waals surface area contributed by atoms with Crippen molar-refractivity contribution in [2.75, 3.05) is 37.7 Å². The zero-order chi connectivity index (χ0) is 23.9. The summed E-state index contributed by atoms with van der Waals surface area (Å²) in [7, 11) is 0. The number of anilines is 2. The van der Waals surface area contributed by atoms with Gasteiger partial charge in [0.05, 0.1) is 18.0 Å². The first-order valence-electron chi connectivity index (χ1n) is 11.7. The van der Waals surface area contributed by atoms with E-state index in [2.05, 4.69) is 44.5 Å². The van der Waals surface area contributed by atoms with Gasteiger partial charge in [0.25, 0.3) is 5.91 Å². The van der Waals surface area contributed by atoms with Crippen LogP contribution in [0.5, 0.6) is 5.88 Å². The van der Waals surface area contributed by atoms with E-state index in [1.54, 1.807) is 0 Å². The van der Waals surface area contributed by atoms with Crippen LogP contribution in [0.3, 0.4) is 0 Å². The van der Waals surface area contributed by atoms with Crippen molar-refractivity contribution in [3.8, 4) is 17.1 Å². The summed E-state index contributed by atoms with van der Waals surface area (Å²) in [5.74, 6) is 0.376. The molecule has 2 aromatic heterocycles. The third-order valence-electron chi connectivity index (χ3n) is 6.15. The number of benzene rings is 1. The minimum atomic E-state index is -0.261. The van der Waals surface area contributed by atoms with Crippen molar-refractivity contribution in [3.05, 3.63) is 66.0 Å². The molecule has 0 unspecified atom stereocenters. The third-order valence-corrected chi connectivity index (χ3v) is 6.15. The van der Waals surface area contributed by atoms with Crippen LogP contribution in [0.25, 0.3) is 11.3 Å². The molecule has 0 aliphatic carbocycles. The molecule has 3 heterocycles. The highest BCUT2D eigenvalue weighted by molar-refractivity contribution is 5.94. The number of carbonyl (C=O) groups excluding carboxylic acids is 1. The number of nitrogens with two attached hydrogens (primary N) is 2. The molecule has 1 aliphatic rings. The molecule has 0 saturated carbocycles. The van der Waals surface area contributed by atoms with Crippen LogP contribution in [0.15, 0.2) is 54.7 Å². The maximum Gasteiger partial charge on any atom is 0.270 e. The molecule has 3 aromatic rings. The average Bonchev–Trinajstić information content (AvgIpc) is 2.87. The Bertz CT molecular complexity index is 1100. The van der Waals surface area contributed by atoms with Crippen LogP contribution in [-0.4, -0.2) is 47.0 Å². The third kappa shape index (κ3) is 5.82. The topological polar surface area (TPSA) is 119 Å². The van der Waals surface area contributed by atoms with Crippen LogP contribution in [0.4, 0.5) is 11.4 Å². The minimum Gasteiger partial charge on any atom is -0.476 e. The maximum absolute atomic E-state index is 12.6. The molecule has 4 rings (SSSR count). The Morgan fingerprint density at radius 3 is 2.59 bits per heavy atom. The number of aromatic nitrogens is 2. The molecular weight excluding hydrogens is 428 g/mol. The van der Waals surface area contributed by atoms with Crippen molar-refractivity contribution in [2.45, 2.75) is 26.3 Å². The van der Waals surface area contributed by atoms with Crippen LogP contribution in [0.1, 0.15) is 35.8 Å². The largest absolute Gasteiger partial charge is 0.476 e. The van der Waals surface area contributed by atoms with Gasteiger partial charge in [-0.15, -0.1) is 0 Å². The van der Waals surface area contributed by atoms with Crippen molar-refractivity contribution in [1.82, 2.24) is 20.2 Å². The molecule has 1 fully saturated rings. The van der Waals surface area contributed by atoms with Gasteiger partial charge < -0.3 is 21.5 Å². The molecule has 0 spiro atoms. The standard InChI is InChI=1S/C26H32N6O2/c1-2-34-26-24(28)21(27)15-23(31-26)25(33)30-16-18-10-13-32(14-11-18)17-19-6-8-20(9-7-19)22-5-3-4-12-29-22/h3-9,12,15,18H,2,10-11,13-14,16-17,28H2,1H3,(H2,27,31)(H,30,33). The number of carbonyl (C=O) groups is 1. The number of rotatable bonds is 8. The first-order valence-corrected chi connectivity index (χ1v) is 11.7. The lowest BCUT2D eigenvalue weighted by atomic mass is 9.96. The molecule has 1 aromatic carbocycles. The Hall–Kier alpha value is -3.65. The van der Waals surface area contributed by atoms with Crippen LogP contribution in [0.2, 0.25) is 0 Å². The maximum atomic E-state index is 12.6. The van der Waals surface area contributed by atoms with Gasteiger partial charge in [-0.3, -0.25) is 14.7 Å². The highest BCUT2D eigenvalue weighted by atomic mass is 16.5. The fourth-order valence-electron chi connectivity index (χ4n) is 4.16. The van der Waals surface area contributed by atoms with Gasteiger partial charge in [-0.05, 0) is 62.5 Å². The number of likely N-dealkylation sites (tertiary alicyclic amines) is 1. The molecule has 8 heteroatoms. The van der Waals surface area contributed by atoms with Gasteiger partial charge in [0.2, 0.25) is 5.88 Å². The average molecular weight is 461 g/mol. The summed E-state index contributed by atoms with van der Waals surface area (Å²) in [4.78, 5) is 23.7. The molecule has 1 saturated heterocycles. The van der Waals surface area contributed by atoms with E-state index in [0.29, 0.717) is 24.8 Å². The molecule has 1 aliphatic heterocycles. The number of amides is 1. The number of piperidine rings is 1. The summed E-state index contributed by atoms with van der Waals surface area (Å²) in [6, 6.07) is 16.1. The number of ether oxygens (including phenoxy) is 1. The lowest BCUT2D eigenvalue weighted by Crippen LogP contribution is -2.38. The van der Waals surface area contributed by atoms with E-state index >= 15 is 0 Å². The first kappa shape index (κ1) is 23.5. The van der Waals surface area contributed by atoms with Gasteiger partial charge in [-0.2, -0.15) is 0 Å². The van der Waals surface area contributed by atoms with Crippen molar-refractivity contribution < 1.29 is 9.53 Å². The summed E-state index contributed by atoms with van der Waals surface area (Å²) in [6.45, 7) is 5.77. The van der Waals surface area contributed by atoms with E-state index in [4.69, 9.17) is 16.2 Å². The zero-order valence-electron chi connectivity index (χ0n) is 19.5. The number of nitrogens with zero attached hydrogens (tertiary/aromatic N) is 3. The van der Waals surface area contributed by atoms with Gasteiger partial charge >= 0.3 is 0 Å². The van der Waals surface area contributed by atoms with Crippen LogP contribution >= 0.6 is 0 Å². The number of hydrogen-bond acceptors (Lipinski definition) is 7. The lowest BCUT2D eigenvalue weighted by Gasteiger charge is -2.32. The summed E-state index contributed by atoms with van der Waals surface area (Å²) in [5, 5.41) is 2.99. The van der Waals surface area contributed by atoms with Gasteiger partial charge in [0.15, 0.2) is 0 Å². The second-order valence-corrected chi connectivity index (χ2v) is 8.59. The smallest absolute Gasteiger partial charge is 0.270 e. The Kier molecular flexibility index (Phi) is 7.59. The summed E-state index contributed by atoms with van der Waals surface area (Å²) < 4.78 is 5.39. The van der Waals surface area contributed by atoms with Crippen molar-refractivity contribution in [3.63, 3.8) is 0 Å². The second kappa shape index (κ2) is 11.0. The molecule has 0 atom stereocenters. The van der Waals surface area contributed by atoms with Crippen LogP contribution in [-0.2, 0) is 6.54 Å². The van der Waals surface area contributed by atoms with Crippen LogP contribution in [0, 0.1) is 5.92 Å². The number of nitrogen functional groups attached to an aromatic ring is 2. The fraction of sp³-hybridized carbons (Fsp3) is 0.346. The Balaban J connectivity index is 1.24. The number of nitrogens with one attached hydrogen (secondary N) is 1. The highest BCUT2D eigenvalue weighted by Gasteiger charge is 2.21. The molecule has 178 valence electrons. The Labute approximate surface area is 200 Å². The van der Waals surface area contributed by atoms with Crippen molar-refractivity contribution in [1.29, 1.82) is 0 Å². The van der Waals surface area contributed by atoms with E-state index in [1.165, 1.54) is 11.6 Å². The van der Waals surface area contributed by atoms with E-state index in [1.807, 2.05) is 31.3 Å². The lowest BCUT2D eigenvalue weighted by molar-refractivity contribution is 0.0929. The van der Waals surface area contributed by atoms with E-state index < -0.39 is 0 Å². The van der Waals surface area contributed by atoms with E-state index in [-0.39, 0.29) is 23.2 Å².